The highest BCUT2D eigenvalue weighted by molar-refractivity contribution is 5.88. The molecular weight excluding hydrogens is 268 g/mol. The van der Waals surface area contributed by atoms with E-state index in [4.69, 9.17) is 5.11 Å². The molecule has 1 aromatic heterocycles. The van der Waals surface area contributed by atoms with Crippen LogP contribution < -0.4 is 5.32 Å². The van der Waals surface area contributed by atoms with Crippen molar-refractivity contribution in [3.63, 3.8) is 0 Å². The Morgan fingerprint density at radius 3 is 2.60 bits per heavy atom. The molecule has 1 heterocycles. The average molecular weight is 281 g/mol. The molecule has 1 aromatic carbocycles. The van der Waals surface area contributed by atoms with Crippen molar-refractivity contribution in [2.75, 3.05) is 5.32 Å². The number of halogens is 2. The molecule has 106 valence electrons. The van der Waals surface area contributed by atoms with Crippen LogP contribution in [0.3, 0.4) is 0 Å². The highest BCUT2D eigenvalue weighted by Gasteiger charge is 2.18. The van der Waals surface area contributed by atoms with Crippen molar-refractivity contribution >= 4 is 17.3 Å². The number of rotatable bonds is 4. The third kappa shape index (κ3) is 2.61. The van der Waals surface area contributed by atoms with Crippen molar-refractivity contribution in [3.8, 4) is 0 Å². The maximum absolute atomic E-state index is 13.7. The summed E-state index contributed by atoms with van der Waals surface area (Å²) in [6.07, 6.45) is 3.12. The molecule has 2 aromatic rings. The molecule has 0 aliphatic carbocycles. The van der Waals surface area contributed by atoms with Gasteiger partial charge in [0.1, 0.15) is 0 Å². The Kier molecular flexibility index (Phi) is 3.69. The normalized spacial score (nSPS) is 10.8. The first kappa shape index (κ1) is 14.0. The highest BCUT2D eigenvalue weighted by atomic mass is 19.2. The van der Waals surface area contributed by atoms with E-state index in [9.17, 15) is 13.6 Å². The Morgan fingerprint density at radius 1 is 1.35 bits per heavy atom. The van der Waals surface area contributed by atoms with Gasteiger partial charge in [0, 0.05) is 12.2 Å². The number of carbonyl (C=O) groups is 1. The van der Waals surface area contributed by atoms with Gasteiger partial charge in [-0.2, -0.15) is 5.10 Å². The Bertz CT molecular complexity index is 653. The van der Waals surface area contributed by atoms with Crippen molar-refractivity contribution in [3.05, 3.63) is 41.7 Å². The topological polar surface area (TPSA) is 67.2 Å². The monoisotopic (exact) mass is 281 g/mol. The summed E-state index contributed by atoms with van der Waals surface area (Å²) in [6.45, 7) is 3.86. The minimum atomic E-state index is -1.51. The molecule has 2 rings (SSSR count). The van der Waals surface area contributed by atoms with Gasteiger partial charge >= 0.3 is 5.97 Å². The predicted molar refractivity (Wildman–Crippen MR) is 69.2 cm³/mol. The molecule has 7 heteroatoms. The molecule has 0 amide bonds. The molecule has 0 radical (unpaired) electrons. The second-order valence-corrected chi connectivity index (χ2v) is 4.52. The molecule has 20 heavy (non-hydrogen) atoms. The van der Waals surface area contributed by atoms with Crippen LogP contribution in [0.1, 0.15) is 30.2 Å². The molecule has 0 fully saturated rings. The van der Waals surface area contributed by atoms with Crippen LogP contribution in [-0.4, -0.2) is 20.9 Å². The first-order valence-electron chi connectivity index (χ1n) is 5.92. The van der Waals surface area contributed by atoms with Crippen molar-refractivity contribution < 1.29 is 18.7 Å². The van der Waals surface area contributed by atoms with Gasteiger partial charge in [-0.3, -0.25) is 4.68 Å². The van der Waals surface area contributed by atoms with E-state index in [1.165, 1.54) is 12.3 Å². The third-order valence-corrected chi connectivity index (χ3v) is 2.72. The molecule has 0 saturated heterocycles. The van der Waals surface area contributed by atoms with Crippen molar-refractivity contribution in [1.29, 1.82) is 0 Å². The summed E-state index contributed by atoms with van der Waals surface area (Å²) in [5, 5.41) is 15.4. The lowest BCUT2D eigenvalue weighted by atomic mass is 10.2. The summed E-state index contributed by atoms with van der Waals surface area (Å²) < 4.78 is 28.9. The quantitative estimate of drug-likeness (QED) is 0.903. The fourth-order valence-electron chi connectivity index (χ4n) is 1.65. The van der Waals surface area contributed by atoms with E-state index in [1.54, 1.807) is 10.9 Å². The summed E-state index contributed by atoms with van der Waals surface area (Å²) in [5.74, 6) is -4.14. The smallest absolute Gasteiger partial charge is 0.338 e. The van der Waals surface area contributed by atoms with Gasteiger partial charge in [0.15, 0.2) is 11.6 Å². The van der Waals surface area contributed by atoms with Crippen LogP contribution in [0.15, 0.2) is 24.5 Å². The Labute approximate surface area is 113 Å². The lowest BCUT2D eigenvalue weighted by Gasteiger charge is -2.07. The van der Waals surface area contributed by atoms with E-state index in [-0.39, 0.29) is 11.7 Å². The molecule has 0 spiro atoms. The van der Waals surface area contributed by atoms with E-state index in [1.807, 2.05) is 13.8 Å². The average Bonchev–Trinajstić information content (AvgIpc) is 2.83. The molecule has 0 atom stereocenters. The zero-order valence-corrected chi connectivity index (χ0v) is 10.9. The lowest BCUT2D eigenvalue weighted by molar-refractivity contribution is 0.0690. The highest BCUT2D eigenvalue weighted by Crippen LogP contribution is 2.24. The second-order valence-electron chi connectivity index (χ2n) is 4.52. The minimum absolute atomic E-state index is 0.140. The molecule has 0 aliphatic heterocycles. The number of aromatic carboxylic acids is 1. The van der Waals surface area contributed by atoms with E-state index in [0.29, 0.717) is 5.69 Å². The number of hydrogen-bond donors (Lipinski definition) is 2. The van der Waals surface area contributed by atoms with Crippen LogP contribution in [0, 0.1) is 11.6 Å². The van der Waals surface area contributed by atoms with E-state index in [0.717, 1.165) is 6.07 Å². The van der Waals surface area contributed by atoms with Gasteiger partial charge < -0.3 is 10.4 Å². The van der Waals surface area contributed by atoms with Gasteiger partial charge in [0.05, 0.1) is 23.1 Å². The maximum Gasteiger partial charge on any atom is 0.338 e. The molecule has 0 unspecified atom stereocenters. The molecule has 0 aliphatic rings. The number of anilines is 2. The lowest BCUT2D eigenvalue weighted by Crippen LogP contribution is -2.05. The van der Waals surface area contributed by atoms with Crippen molar-refractivity contribution in [1.82, 2.24) is 9.78 Å². The summed E-state index contributed by atoms with van der Waals surface area (Å²) in [7, 11) is 0. The molecule has 0 bridgehead atoms. The number of nitrogens with one attached hydrogen (secondary N) is 1. The Hall–Kier alpha value is -2.44. The molecule has 2 N–H and O–H groups in total. The number of aromatic nitrogens is 2. The zero-order chi connectivity index (χ0) is 14.9. The van der Waals surface area contributed by atoms with Crippen LogP contribution in [0.5, 0.6) is 0 Å². The first-order valence-corrected chi connectivity index (χ1v) is 5.92. The summed E-state index contributed by atoms with van der Waals surface area (Å²) in [4.78, 5) is 10.7. The number of carboxylic acid groups (broad SMARTS) is 1. The van der Waals surface area contributed by atoms with Crippen LogP contribution in [0.2, 0.25) is 0 Å². The predicted octanol–water partition coefficient (Wildman–Crippen LogP) is 3.18. The summed E-state index contributed by atoms with van der Waals surface area (Å²) in [5.41, 5.74) is -0.359. The van der Waals surface area contributed by atoms with E-state index >= 15 is 0 Å². The van der Waals surface area contributed by atoms with Gasteiger partial charge in [-0.05, 0) is 26.0 Å². The van der Waals surface area contributed by atoms with Crippen LogP contribution >= 0.6 is 0 Å². The number of carboxylic acids is 1. The van der Waals surface area contributed by atoms with E-state index in [2.05, 4.69) is 10.4 Å². The van der Waals surface area contributed by atoms with Crippen molar-refractivity contribution in [2.45, 2.75) is 19.9 Å². The van der Waals surface area contributed by atoms with Gasteiger partial charge in [-0.1, -0.05) is 0 Å². The fraction of sp³-hybridized carbons (Fsp3) is 0.231. The SMILES string of the molecule is CC(C)n1cc(Nc2ccc(C(=O)O)c(F)c2F)cn1. The molecular formula is C13H13F2N3O2. The van der Waals surface area contributed by atoms with Crippen LogP contribution in [0.4, 0.5) is 20.2 Å². The van der Waals surface area contributed by atoms with Crippen molar-refractivity contribution in [2.24, 2.45) is 0 Å². The summed E-state index contributed by atoms with van der Waals surface area (Å²) in [6, 6.07) is 2.33. The molecule has 5 nitrogen and oxygen atoms in total. The number of nitrogens with zero attached hydrogens (tertiary/aromatic N) is 2. The third-order valence-electron chi connectivity index (χ3n) is 2.72. The second kappa shape index (κ2) is 5.28. The zero-order valence-electron chi connectivity index (χ0n) is 10.9. The van der Waals surface area contributed by atoms with Crippen LogP contribution in [0.25, 0.3) is 0 Å². The van der Waals surface area contributed by atoms with Gasteiger partial charge in [-0.25, -0.2) is 13.6 Å². The minimum Gasteiger partial charge on any atom is -0.478 e. The molecule has 0 saturated carbocycles. The van der Waals surface area contributed by atoms with Gasteiger partial charge in [-0.15, -0.1) is 0 Å². The summed E-state index contributed by atoms with van der Waals surface area (Å²) >= 11 is 0. The van der Waals surface area contributed by atoms with Gasteiger partial charge in [0.25, 0.3) is 0 Å². The van der Waals surface area contributed by atoms with Gasteiger partial charge in [0.2, 0.25) is 0 Å². The Morgan fingerprint density at radius 2 is 2.05 bits per heavy atom. The maximum atomic E-state index is 13.7. The Balaban J connectivity index is 2.29. The standard InChI is InChI=1S/C13H13F2N3O2/c1-7(2)18-6-8(5-16-18)17-10-4-3-9(13(19)20)11(14)12(10)15/h3-7,17H,1-2H3,(H,19,20). The number of hydrogen-bond acceptors (Lipinski definition) is 3. The fourth-order valence-corrected chi connectivity index (χ4v) is 1.65. The van der Waals surface area contributed by atoms with E-state index < -0.39 is 23.2 Å². The largest absolute Gasteiger partial charge is 0.478 e. The van der Waals surface area contributed by atoms with Crippen LogP contribution in [-0.2, 0) is 0 Å². The number of benzene rings is 1. The first-order chi connectivity index (χ1) is 9.40.